The van der Waals surface area contributed by atoms with Gasteiger partial charge in [-0.3, -0.25) is 0 Å². The summed E-state index contributed by atoms with van der Waals surface area (Å²) in [6, 6.07) is 6.86. The van der Waals surface area contributed by atoms with Crippen LogP contribution >= 0.6 is 0 Å². The first-order chi connectivity index (χ1) is 15.9. The lowest BCUT2D eigenvalue weighted by Gasteiger charge is -2.22. The van der Waals surface area contributed by atoms with E-state index in [9.17, 15) is 17.6 Å². The van der Waals surface area contributed by atoms with Crippen LogP contribution in [0.3, 0.4) is 0 Å². The summed E-state index contributed by atoms with van der Waals surface area (Å²) < 4.78 is 58.8. The van der Waals surface area contributed by atoms with E-state index in [-0.39, 0.29) is 0 Å². The normalized spacial score (nSPS) is 15.8. The third-order valence-corrected chi connectivity index (χ3v) is 5.69. The summed E-state index contributed by atoms with van der Waals surface area (Å²) in [5.74, 6) is -3.77. The van der Waals surface area contributed by atoms with Gasteiger partial charge in [0.25, 0.3) is 0 Å². The molecule has 0 bridgehead atoms. The standard InChI is InChI=1S/C24H19F4N5/c1-14-12-32(13-29-14)21-6-4-15(9-18(21)25)5-7-22-30-24-17(3-2-8-33(24)31-22)16-10-19(26)23(28)20(27)11-16/h4-7,9-13,17H,2-3,8H2,1H3. The van der Waals surface area contributed by atoms with E-state index in [0.717, 1.165) is 24.2 Å². The molecule has 2 aromatic heterocycles. The molecule has 168 valence electrons. The number of hydrogen-bond donors (Lipinski definition) is 0. The molecule has 0 radical (unpaired) electrons. The maximum atomic E-state index is 14.6. The Balaban J connectivity index is 1.40. The predicted octanol–water partition coefficient (Wildman–Crippen LogP) is 5.42. The molecular weight excluding hydrogens is 434 g/mol. The molecule has 3 heterocycles. The number of benzene rings is 2. The first kappa shape index (κ1) is 21.1. The van der Waals surface area contributed by atoms with Crippen molar-refractivity contribution in [3.8, 4) is 5.69 Å². The molecule has 33 heavy (non-hydrogen) atoms. The van der Waals surface area contributed by atoms with Crippen LogP contribution in [0.25, 0.3) is 17.8 Å². The van der Waals surface area contributed by atoms with Gasteiger partial charge in [-0.1, -0.05) is 12.1 Å². The van der Waals surface area contributed by atoms with Crippen LogP contribution in [-0.4, -0.2) is 24.3 Å². The number of aromatic nitrogens is 5. The molecule has 0 N–H and O–H groups in total. The average Bonchev–Trinajstić information content (AvgIpc) is 3.41. The summed E-state index contributed by atoms with van der Waals surface area (Å²) >= 11 is 0. The fraction of sp³-hybridized carbons (Fsp3) is 0.208. The van der Waals surface area contributed by atoms with Crippen molar-refractivity contribution in [3.05, 3.63) is 94.6 Å². The Kier molecular flexibility index (Phi) is 5.32. The molecule has 2 aromatic carbocycles. The summed E-state index contributed by atoms with van der Waals surface area (Å²) in [6.07, 6.45) is 8.00. The maximum absolute atomic E-state index is 14.6. The molecular formula is C24H19F4N5. The highest BCUT2D eigenvalue weighted by Gasteiger charge is 2.27. The number of nitrogens with zero attached hydrogens (tertiary/aromatic N) is 5. The number of hydrogen-bond acceptors (Lipinski definition) is 3. The largest absolute Gasteiger partial charge is 0.303 e. The SMILES string of the molecule is Cc1cn(-c2ccc(C=Cc3nc4n(n3)CCCC4c3cc(F)c(F)c(F)c3)cc2F)cn1. The van der Waals surface area contributed by atoms with Gasteiger partial charge in [-0.25, -0.2) is 32.2 Å². The quantitative estimate of drug-likeness (QED) is 0.306. The molecule has 0 fully saturated rings. The number of imidazole rings is 1. The number of halogens is 4. The van der Waals surface area contributed by atoms with E-state index < -0.39 is 29.2 Å². The summed E-state index contributed by atoms with van der Waals surface area (Å²) in [4.78, 5) is 8.63. The van der Waals surface area contributed by atoms with Gasteiger partial charge in [-0.15, -0.1) is 0 Å². The minimum absolute atomic E-state index is 0.322. The van der Waals surface area contributed by atoms with Crippen molar-refractivity contribution in [1.29, 1.82) is 0 Å². The van der Waals surface area contributed by atoms with Crippen LogP contribution < -0.4 is 0 Å². The molecule has 0 aliphatic carbocycles. The molecule has 4 aromatic rings. The van der Waals surface area contributed by atoms with Crippen molar-refractivity contribution in [2.45, 2.75) is 32.2 Å². The molecule has 9 heteroatoms. The van der Waals surface area contributed by atoms with Gasteiger partial charge in [0.15, 0.2) is 23.3 Å². The van der Waals surface area contributed by atoms with Crippen molar-refractivity contribution >= 4 is 12.2 Å². The molecule has 0 amide bonds. The predicted molar refractivity (Wildman–Crippen MR) is 115 cm³/mol. The summed E-state index contributed by atoms with van der Waals surface area (Å²) in [5, 5.41) is 4.45. The zero-order chi connectivity index (χ0) is 23.1. The Labute approximate surface area is 187 Å². The summed E-state index contributed by atoms with van der Waals surface area (Å²) in [7, 11) is 0. The zero-order valence-corrected chi connectivity index (χ0v) is 17.6. The molecule has 1 unspecified atom stereocenters. The molecule has 0 saturated heterocycles. The highest BCUT2D eigenvalue weighted by Crippen LogP contribution is 2.33. The Bertz CT molecular complexity index is 1350. The number of aryl methyl sites for hydroxylation is 2. The van der Waals surface area contributed by atoms with Crippen LogP contribution in [0.1, 0.15) is 47.2 Å². The van der Waals surface area contributed by atoms with Gasteiger partial charge in [0, 0.05) is 18.7 Å². The van der Waals surface area contributed by atoms with E-state index in [4.69, 9.17) is 0 Å². The molecule has 1 aliphatic rings. The van der Waals surface area contributed by atoms with Gasteiger partial charge < -0.3 is 4.57 Å². The molecule has 5 rings (SSSR count). The Morgan fingerprint density at radius 3 is 2.48 bits per heavy atom. The summed E-state index contributed by atoms with van der Waals surface area (Å²) in [5.41, 5.74) is 2.13. The Morgan fingerprint density at radius 2 is 1.79 bits per heavy atom. The second-order valence-corrected chi connectivity index (χ2v) is 8.01. The third kappa shape index (κ3) is 4.06. The first-order valence-corrected chi connectivity index (χ1v) is 10.5. The van der Waals surface area contributed by atoms with Gasteiger partial charge in [-0.2, -0.15) is 5.10 Å². The van der Waals surface area contributed by atoms with Gasteiger partial charge >= 0.3 is 0 Å². The maximum Gasteiger partial charge on any atom is 0.194 e. The third-order valence-electron chi connectivity index (χ3n) is 5.69. The molecule has 1 atom stereocenters. The van der Waals surface area contributed by atoms with Crippen LogP contribution in [0.15, 0.2) is 42.9 Å². The highest BCUT2D eigenvalue weighted by molar-refractivity contribution is 5.67. The lowest BCUT2D eigenvalue weighted by atomic mass is 9.91. The number of fused-ring (bicyclic) bond motifs is 1. The fourth-order valence-corrected chi connectivity index (χ4v) is 4.09. The van der Waals surface area contributed by atoms with E-state index in [0.29, 0.717) is 41.4 Å². The molecule has 1 aliphatic heterocycles. The van der Waals surface area contributed by atoms with Crippen molar-refractivity contribution in [3.63, 3.8) is 0 Å². The Hall–Kier alpha value is -3.75. The topological polar surface area (TPSA) is 48.5 Å². The van der Waals surface area contributed by atoms with Crippen LogP contribution in [0, 0.1) is 30.2 Å². The highest BCUT2D eigenvalue weighted by atomic mass is 19.2. The van der Waals surface area contributed by atoms with Crippen molar-refractivity contribution < 1.29 is 17.6 Å². The Morgan fingerprint density at radius 1 is 1.00 bits per heavy atom. The smallest absolute Gasteiger partial charge is 0.194 e. The van der Waals surface area contributed by atoms with E-state index in [1.54, 1.807) is 46.1 Å². The van der Waals surface area contributed by atoms with Crippen LogP contribution in [0.4, 0.5) is 17.6 Å². The van der Waals surface area contributed by atoms with E-state index >= 15 is 0 Å². The zero-order valence-electron chi connectivity index (χ0n) is 17.6. The summed E-state index contributed by atoms with van der Waals surface area (Å²) in [6.45, 7) is 2.45. The lowest BCUT2D eigenvalue weighted by molar-refractivity contribution is 0.427. The van der Waals surface area contributed by atoms with Gasteiger partial charge in [0.05, 0.1) is 17.7 Å². The van der Waals surface area contributed by atoms with E-state index in [1.165, 1.54) is 6.07 Å². The van der Waals surface area contributed by atoms with Crippen LogP contribution in [0.5, 0.6) is 0 Å². The van der Waals surface area contributed by atoms with Crippen molar-refractivity contribution in [2.24, 2.45) is 0 Å². The first-order valence-electron chi connectivity index (χ1n) is 10.5. The fourth-order valence-electron chi connectivity index (χ4n) is 4.09. The van der Waals surface area contributed by atoms with Gasteiger partial charge in [0.1, 0.15) is 11.6 Å². The van der Waals surface area contributed by atoms with Gasteiger partial charge in [-0.05, 0) is 61.2 Å². The van der Waals surface area contributed by atoms with E-state index in [1.807, 2.05) is 6.92 Å². The van der Waals surface area contributed by atoms with Crippen LogP contribution in [-0.2, 0) is 6.54 Å². The minimum atomic E-state index is -1.49. The second-order valence-electron chi connectivity index (χ2n) is 8.01. The lowest BCUT2D eigenvalue weighted by Crippen LogP contribution is -2.18. The van der Waals surface area contributed by atoms with Crippen LogP contribution in [0.2, 0.25) is 0 Å². The molecule has 5 nitrogen and oxygen atoms in total. The average molecular weight is 453 g/mol. The van der Waals surface area contributed by atoms with Crippen molar-refractivity contribution in [1.82, 2.24) is 24.3 Å². The van der Waals surface area contributed by atoms with Gasteiger partial charge in [0.2, 0.25) is 0 Å². The molecule has 0 spiro atoms. The van der Waals surface area contributed by atoms with Crippen molar-refractivity contribution in [2.75, 3.05) is 0 Å². The number of rotatable bonds is 4. The van der Waals surface area contributed by atoms with E-state index in [2.05, 4.69) is 15.1 Å². The minimum Gasteiger partial charge on any atom is -0.303 e. The molecule has 0 saturated carbocycles. The second kappa shape index (κ2) is 8.31. The monoisotopic (exact) mass is 453 g/mol.